The molecule has 1 rings (SSSR count). The summed E-state index contributed by atoms with van der Waals surface area (Å²) in [5, 5.41) is 3.05. The molecule has 0 saturated carbocycles. The zero-order valence-corrected chi connectivity index (χ0v) is 15.7. The molecule has 1 aromatic rings. The second kappa shape index (κ2) is 8.29. The molecule has 0 aliphatic carbocycles. The van der Waals surface area contributed by atoms with E-state index in [9.17, 15) is 4.79 Å². The summed E-state index contributed by atoms with van der Waals surface area (Å²) in [5.41, 5.74) is 2.26. The Balaban J connectivity index is 2.54. The predicted octanol–water partition coefficient (Wildman–Crippen LogP) is 2.55. The number of amides is 2. The lowest BCUT2D eigenvalue weighted by Crippen LogP contribution is -2.47. The van der Waals surface area contributed by atoms with Gasteiger partial charge in [0.15, 0.2) is 0 Å². The molecule has 23 heavy (non-hydrogen) atoms. The van der Waals surface area contributed by atoms with Gasteiger partial charge in [0, 0.05) is 44.5 Å². The molecule has 5 heteroatoms. The molecule has 1 aromatic heterocycles. The van der Waals surface area contributed by atoms with Crippen molar-refractivity contribution >= 4 is 6.03 Å². The average molecular weight is 320 g/mol. The monoisotopic (exact) mass is 320 g/mol. The van der Waals surface area contributed by atoms with E-state index in [2.05, 4.69) is 49.0 Å². The number of hydrogen-bond donors (Lipinski definition) is 1. The van der Waals surface area contributed by atoms with Crippen LogP contribution < -0.4 is 5.32 Å². The third-order valence-corrected chi connectivity index (χ3v) is 4.05. The topological polar surface area (TPSA) is 48.5 Å². The van der Waals surface area contributed by atoms with Crippen LogP contribution in [0.1, 0.15) is 32.0 Å². The van der Waals surface area contributed by atoms with Gasteiger partial charge in [-0.15, -0.1) is 0 Å². The maximum atomic E-state index is 12.4. The normalized spacial score (nSPS) is 13.0. The molecule has 0 spiro atoms. The molecular weight excluding hydrogens is 288 g/mol. The van der Waals surface area contributed by atoms with Crippen LogP contribution in [0, 0.1) is 12.3 Å². The smallest absolute Gasteiger partial charge is 0.317 e. The predicted molar refractivity (Wildman–Crippen MR) is 95.6 cm³/mol. The van der Waals surface area contributed by atoms with Crippen LogP contribution in [-0.2, 0) is 6.42 Å². The Morgan fingerprint density at radius 2 is 2.00 bits per heavy atom. The summed E-state index contributed by atoms with van der Waals surface area (Å²) in [6, 6.07) is 4.06. The highest BCUT2D eigenvalue weighted by Crippen LogP contribution is 2.15. The first kappa shape index (κ1) is 19.4. The van der Waals surface area contributed by atoms with E-state index in [0.29, 0.717) is 6.54 Å². The van der Waals surface area contributed by atoms with Crippen LogP contribution in [0.25, 0.3) is 0 Å². The first-order chi connectivity index (χ1) is 10.6. The lowest BCUT2D eigenvalue weighted by atomic mass is 9.93. The molecule has 1 atom stereocenters. The van der Waals surface area contributed by atoms with Crippen molar-refractivity contribution in [3.8, 4) is 0 Å². The molecule has 0 saturated heterocycles. The maximum absolute atomic E-state index is 12.4. The second-order valence-electron chi connectivity index (χ2n) is 7.49. The van der Waals surface area contributed by atoms with Gasteiger partial charge < -0.3 is 15.1 Å². The molecule has 0 aromatic carbocycles. The standard InChI is InChI=1S/C18H32N4O/c1-14-9-8-10-19-16(14)11-15(2)22(7)17(23)20-12-18(3,4)13-21(5)6/h8-10,15H,11-13H2,1-7H3,(H,20,23)/t15-/m1/s1. The number of nitrogens with one attached hydrogen (secondary N) is 1. The Morgan fingerprint density at radius 3 is 2.57 bits per heavy atom. The molecule has 5 nitrogen and oxygen atoms in total. The molecular formula is C18H32N4O. The fourth-order valence-electron chi connectivity index (χ4n) is 2.70. The summed E-state index contributed by atoms with van der Waals surface area (Å²) in [7, 11) is 5.94. The summed E-state index contributed by atoms with van der Waals surface area (Å²) in [6.07, 6.45) is 2.57. The molecule has 0 aliphatic rings. The van der Waals surface area contributed by atoms with Crippen molar-refractivity contribution in [2.75, 3.05) is 34.2 Å². The maximum Gasteiger partial charge on any atom is 0.317 e. The third kappa shape index (κ3) is 6.57. The van der Waals surface area contributed by atoms with E-state index < -0.39 is 0 Å². The highest BCUT2D eigenvalue weighted by molar-refractivity contribution is 5.74. The number of rotatable bonds is 7. The van der Waals surface area contributed by atoms with Gasteiger partial charge in [-0.3, -0.25) is 4.98 Å². The van der Waals surface area contributed by atoms with E-state index in [1.54, 1.807) is 11.1 Å². The van der Waals surface area contributed by atoms with E-state index in [0.717, 1.165) is 18.7 Å². The molecule has 0 unspecified atom stereocenters. The average Bonchev–Trinajstić information content (AvgIpc) is 2.45. The van der Waals surface area contributed by atoms with Gasteiger partial charge >= 0.3 is 6.03 Å². The van der Waals surface area contributed by atoms with E-state index in [1.165, 1.54) is 5.56 Å². The minimum absolute atomic E-state index is 0.0297. The first-order valence-corrected chi connectivity index (χ1v) is 8.18. The summed E-state index contributed by atoms with van der Waals surface area (Å²) in [5.74, 6) is 0. The zero-order valence-electron chi connectivity index (χ0n) is 15.7. The lowest BCUT2D eigenvalue weighted by molar-refractivity contribution is 0.180. The lowest BCUT2D eigenvalue weighted by Gasteiger charge is -2.31. The molecule has 0 radical (unpaired) electrons. The number of carbonyl (C=O) groups is 1. The van der Waals surface area contributed by atoms with Gasteiger partial charge in [-0.05, 0) is 45.0 Å². The minimum atomic E-state index is -0.0297. The van der Waals surface area contributed by atoms with Crippen molar-refractivity contribution < 1.29 is 4.79 Å². The molecule has 0 fully saturated rings. The van der Waals surface area contributed by atoms with Crippen molar-refractivity contribution in [3.05, 3.63) is 29.6 Å². The quantitative estimate of drug-likeness (QED) is 0.840. The Kier molecular flexibility index (Phi) is 7.01. The van der Waals surface area contributed by atoms with Crippen LogP contribution in [0.4, 0.5) is 4.79 Å². The van der Waals surface area contributed by atoms with Crippen LogP contribution in [-0.4, -0.2) is 61.1 Å². The summed E-state index contributed by atoms with van der Waals surface area (Å²) in [6.45, 7) is 10.0. The SMILES string of the molecule is Cc1cccnc1C[C@@H](C)N(C)C(=O)NCC(C)(C)CN(C)C. The van der Waals surface area contributed by atoms with Gasteiger partial charge in [0.2, 0.25) is 0 Å². The molecule has 2 amide bonds. The van der Waals surface area contributed by atoms with Crippen molar-refractivity contribution in [1.29, 1.82) is 0 Å². The van der Waals surface area contributed by atoms with Crippen LogP contribution in [0.3, 0.4) is 0 Å². The molecule has 0 bridgehead atoms. The largest absolute Gasteiger partial charge is 0.337 e. The molecule has 1 heterocycles. The Morgan fingerprint density at radius 1 is 1.35 bits per heavy atom. The van der Waals surface area contributed by atoms with Gasteiger partial charge in [-0.2, -0.15) is 0 Å². The summed E-state index contributed by atoms with van der Waals surface area (Å²) in [4.78, 5) is 20.7. The summed E-state index contributed by atoms with van der Waals surface area (Å²) < 4.78 is 0. The fraction of sp³-hybridized carbons (Fsp3) is 0.667. The number of hydrogen-bond acceptors (Lipinski definition) is 3. The van der Waals surface area contributed by atoms with Gasteiger partial charge in [-0.25, -0.2) is 4.79 Å². The number of nitrogens with zero attached hydrogens (tertiary/aromatic N) is 3. The number of aryl methyl sites for hydroxylation is 1. The number of likely N-dealkylation sites (N-methyl/N-ethyl adjacent to an activating group) is 1. The van der Waals surface area contributed by atoms with E-state index in [1.807, 2.05) is 27.2 Å². The van der Waals surface area contributed by atoms with Gasteiger partial charge in [0.25, 0.3) is 0 Å². The van der Waals surface area contributed by atoms with Gasteiger partial charge in [0.1, 0.15) is 0 Å². The molecule has 130 valence electrons. The van der Waals surface area contributed by atoms with Crippen molar-refractivity contribution in [2.24, 2.45) is 5.41 Å². The van der Waals surface area contributed by atoms with Crippen LogP contribution in [0.5, 0.6) is 0 Å². The van der Waals surface area contributed by atoms with E-state index >= 15 is 0 Å². The number of pyridine rings is 1. The molecule has 1 N–H and O–H groups in total. The van der Waals surface area contributed by atoms with E-state index in [-0.39, 0.29) is 17.5 Å². The highest BCUT2D eigenvalue weighted by Gasteiger charge is 2.22. The van der Waals surface area contributed by atoms with Gasteiger partial charge in [0.05, 0.1) is 0 Å². The second-order valence-corrected chi connectivity index (χ2v) is 7.49. The highest BCUT2D eigenvalue weighted by atomic mass is 16.2. The zero-order chi connectivity index (χ0) is 17.6. The van der Waals surface area contributed by atoms with Crippen LogP contribution in [0.15, 0.2) is 18.3 Å². The fourth-order valence-corrected chi connectivity index (χ4v) is 2.70. The summed E-state index contributed by atoms with van der Waals surface area (Å²) >= 11 is 0. The number of carbonyl (C=O) groups excluding carboxylic acids is 1. The first-order valence-electron chi connectivity index (χ1n) is 8.18. The Bertz CT molecular complexity index is 513. The van der Waals surface area contributed by atoms with Crippen LogP contribution in [0.2, 0.25) is 0 Å². The van der Waals surface area contributed by atoms with Crippen molar-refractivity contribution in [1.82, 2.24) is 20.1 Å². The Hall–Kier alpha value is -1.62. The number of aromatic nitrogens is 1. The third-order valence-electron chi connectivity index (χ3n) is 4.05. The van der Waals surface area contributed by atoms with E-state index in [4.69, 9.17) is 0 Å². The van der Waals surface area contributed by atoms with Crippen LogP contribution >= 0.6 is 0 Å². The molecule has 0 aliphatic heterocycles. The Labute approximate surface area is 141 Å². The van der Waals surface area contributed by atoms with Crippen molar-refractivity contribution in [3.63, 3.8) is 0 Å². The number of urea groups is 1. The minimum Gasteiger partial charge on any atom is -0.337 e. The van der Waals surface area contributed by atoms with Crippen molar-refractivity contribution in [2.45, 2.75) is 40.2 Å². The van der Waals surface area contributed by atoms with Gasteiger partial charge in [-0.1, -0.05) is 19.9 Å².